The summed E-state index contributed by atoms with van der Waals surface area (Å²) in [5, 5.41) is 2.11. The lowest BCUT2D eigenvalue weighted by Crippen LogP contribution is -2.23. The minimum absolute atomic E-state index is 0.313. The van der Waals surface area contributed by atoms with E-state index in [1.165, 1.54) is 72.8 Å². The number of aryl methyl sites for hydroxylation is 4. The highest BCUT2D eigenvalue weighted by Crippen LogP contribution is 2.43. The van der Waals surface area contributed by atoms with Crippen LogP contribution in [0.1, 0.15) is 28.7 Å². The van der Waals surface area contributed by atoms with Crippen molar-refractivity contribution in [1.29, 1.82) is 0 Å². The van der Waals surface area contributed by atoms with Gasteiger partial charge in [-0.1, -0.05) is 24.3 Å². The molecule has 0 unspecified atom stereocenters. The molecule has 0 aliphatic carbocycles. The lowest BCUT2D eigenvalue weighted by atomic mass is 10.2. The quantitative estimate of drug-likeness (QED) is 0.119. The summed E-state index contributed by atoms with van der Waals surface area (Å²) in [5.41, 5.74) is 2.63. The van der Waals surface area contributed by atoms with Crippen LogP contribution in [-0.4, -0.2) is 64.2 Å². The molecule has 0 saturated carbocycles. The van der Waals surface area contributed by atoms with Crippen LogP contribution in [0.4, 0.5) is 0 Å². The second kappa shape index (κ2) is 14.5. The van der Waals surface area contributed by atoms with Gasteiger partial charge in [-0.15, -0.1) is 0 Å². The normalized spacial score (nSPS) is 12.9. The molecule has 0 aliphatic rings. The van der Waals surface area contributed by atoms with Gasteiger partial charge in [0, 0.05) is 0 Å². The number of benzene rings is 4. The van der Waals surface area contributed by atoms with Gasteiger partial charge in [-0.2, -0.15) is 33.7 Å². The Kier molecular flexibility index (Phi) is 11.6. The van der Waals surface area contributed by atoms with Crippen LogP contribution in [0.15, 0.2) is 92.4 Å². The first kappa shape index (κ1) is 39.2. The molecule has 0 radical (unpaired) electrons. The molecule has 4 rings (SSSR count). The molecule has 0 atom stereocenters. The van der Waals surface area contributed by atoms with Crippen LogP contribution >= 0.6 is 15.8 Å². The van der Waals surface area contributed by atoms with Crippen molar-refractivity contribution in [2.24, 2.45) is 0 Å². The Hall–Kier alpha value is -2.62. The van der Waals surface area contributed by atoms with Gasteiger partial charge in [0.1, 0.15) is 0 Å². The van der Waals surface area contributed by atoms with Gasteiger partial charge in [-0.3, -0.25) is 18.2 Å². The SMILES string of the molecule is Cc1ccc(S(=O)(=O)O)cc1P(CCCP(c1cc(S(=O)(=O)O)ccc1C)c1cc(S(=O)(=O)O)ccc1C)c1cc(S(=O)(=O)O)ccc1C. The van der Waals surface area contributed by atoms with Crippen LogP contribution in [-0.2, 0) is 40.5 Å². The molecule has 0 spiro atoms. The third-order valence-electron chi connectivity index (χ3n) is 7.84. The van der Waals surface area contributed by atoms with Crippen molar-refractivity contribution in [3.8, 4) is 0 Å². The monoisotopic (exact) mass is 788 g/mol. The maximum absolute atomic E-state index is 12.1. The molecule has 4 aromatic rings. The number of hydrogen-bond donors (Lipinski definition) is 4. The molecule has 0 aliphatic heterocycles. The van der Waals surface area contributed by atoms with Crippen molar-refractivity contribution in [2.75, 3.05) is 12.3 Å². The minimum atomic E-state index is -4.61. The zero-order valence-electron chi connectivity index (χ0n) is 26.6. The van der Waals surface area contributed by atoms with E-state index < -0.39 is 56.3 Å². The van der Waals surface area contributed by atoms with Gasteiger partial charge >= 0.3 is 0 Å². The number of hydrogen-bond acceptors (Lipinski definition) is 8. The predicted molar refractivity (Wildman–Crippen MR) is 191 cm³/mol. The molecule has 0 aromatic heterocycles. The first-order chi connectivity index (χ1) is 22.5. The number of rotatable bonds is 12. The Morgan fingerprint density at radius 1 is 0.408 bits per heavy atom. The third-order valence-corrected chi connectivity index (χ3v) is 17.0. The Bertz CT molecular complexity index is 2050. The van der Waals surface area contributed by atoms with Crippen molar-refractivity contribution in [1.82, 2.24) is 0 Å². The summed E-state index contributed by atoms with van der Waals surface area (Å²) in [4.78, 5) is -1.44. The fourth-order valence-electron chi connectivity index (χ4n) is 5.29. The van der Waals surface area contributed by atoms with Crippen molar-refractivity contribution < 1.29 is 51.9 Å². The van der Waals surface area contributed by atoms with Crippen LogP contribution in [0.5, 0.6) is 0 Å². The van der Waals surface area contributed by atoms with E-state index in [9.17, 15) is 51.9 Å². The smallest absolute Gasteiger partial charge is 0.282 e. The molecule has 0 amide bonds. The summed E-state index contributed by atoms with van der Waals surface area (Å²) in [6, 6.07) is 16.4. The van der Waals surface area contributed by atoms with Crippen molar-refractivity contribution in [2.45, 2.75) is 53.7 Å². The highest BCUT2D eigenvalue weighted by Gasteiger charge is 2.26. The third kappa shape index (κ3) is 9.39. The highest BCUT2D eigenvalue weighted by atomic mass is 32.2. The highest BCUT2D eigenvalue weighted by molar-refractivity contribution is 7.86. The van der Waals surface area contributed by atoms with Crippen LogP contribution in [0.2, 0.25) is 0 Å². The van der Waals surface area contributed by atoms with Crippen molar-refractivity contribution in [3.05, 3.63) is 95.1 Å². The fraction of sp³-hybridized carbons (Fsp3) is 0.226. The van der Waals surface area contributed by atoms with Gasteiger partial charge in [-0.25, -0.2) is 0 Å². The molecule has 12 nitrogen and oxygen atoms in total. The summed E-state index contributed by atoms with van der Waals surface area (Å²) in [5.74, 6) is 0. The van der Waals surface area contributed by atoms with E-state index in [1.807, 2.05) is 0 Å². The lowest BCUT2D eigenvalue weighted by molar-refractivity contribution is 0.481. The van der Waals surface area contributed by atoms with Crippen molar-refractivity contribution in [3.63, 3.8) is 0 Å². The molecule has 4 aromatic carbocycles. The molecule has 0 bridgehead atoms. The van der Waals surface area contributed by atoms with Gasteiger partial charge < -0.3 is 0 Å². The van der Waals surface area contributed by atoms with E-state index in [4.69, 9.17) is 0 Å². The Morgan fingerprint density at radius 3 is 0.796 bits per heavy atom. The molecular formula is C31H34O12P2S4. The van der Waals surface area contributed by atoms with E-state index in [1.54, 1.807) is 27.7 Å². The molecule has 264 valence electrons. The fourth-order valence-corrected chi connectivity index (χ4v) is 13.5. The van der Waals surface area contributed by atoms with Gasteiger partial charge in [0.05, 0.1) is 19.6 Å². The summed E-state index contributed by atoms with van der Waals surface area (Å²) in [6.07, 6.45) is 0.981. The van der Waals surface area contributed by atoms with Crippen LogP contribution in [0.3, 0.4) is 0 Å². The lowest BCUT2D eigenvalue weighted by Gasteiger charge is -2.26. The van der Waals surface area contributed by atoms with Gasteiger partial charge in [0.2, 0.25) is 0 Å². The maximum Gasteiger partial charge on any atom is 0.294 e. The summed E-state index contributed by atoms with van der Waals surface area (Å²) in [7, 11) is -21.6. The van der Waals surface area contributed by atoms with E-state index in [0.29, 0.717) is 62.2 Å². The molecule has 0 fully saturated rings. The Balaban J connectivity index is 1.90. The van der Waals surface area contributed by atoms with E-state index >= 15 is 0 Å². The largest absolute Gasteiger partial charge is 0.294 e. The molecule has 0 saturated heterocycles. The standard InChI is InChI=1S/C31H34O12P2S4/c1-20-6-10-24(46(32,33)34)16-28(20)44(29-17-25(47(35,36)37)11-7-21(29)2)14-5-15-45(30-18-26(48(38,39)40)12-8-22(30)3)31-19-27(49(41,42)43)13-9-23(31)4/h6-13,16-19H,5,14-15H2,1-4H3,(H,32,33,34)(H,35,36,37)(H,38,39,40)(H,41,42,43). The molecule has 0 heterocycles. The minimum Gasteiger partial charge on any atom is -0.282 e. The van der Waals surface area contributed by atoms with Crippen molar-refractivity contribution >= 4 is 77.5 Å². The first-order valence-electron chi connectivity index (χ1n) is 14.4. The molecule has 49 heavy (non-hydrogen) atoms. The van der Waals surface area contributed by atoms with E-state index in [2.05, 4.69) is 0 Å². The zero-order chi connectivity index (χ0) is 36.7. The average Bonchev–Trinajstić information content (AvgIpc) is 2.97. The molecular weight excluding hydrogens is 755 g/mol. The maximum atomic E-state index is 12.1. The molecule has 4 N–H and O–H groups in total. The van der Waals surface area contributed by atoms with E-state index in [-0.39, 0.29) is 19.6 Å². The Labute approximate surface area is 289 Å². The Morgan fingerprint density at radius 2 is 0.612 bits per heavy atom. The first-order valence-corrected chi connectivity index (χ1v) is 23.2. The summed E-state index contributed by atoms with van der Waals surface area (Å²) in [6.45, 7) is 6.95. The summed E-state index contributed by atoms with van der Waals surface area (Å²) < 4.78 is 136. The second-order valence-corrected chi connectivity index (χ2v) is 21.6. The van der Waals surface area contributed by atoms with Gasteiger partial charge in [0.25, 0.3) is 40.5 Å². The van der Waals surface area contributed by atoms with E-state index in [0.717, 1.165) is 0 Å². The van der Waals surface area contributed by atoms with Crippen LogP contribution in [0, 0.1) is 27.7 Å². The topological polar surface area (TPSA) is 217 Å². The van der Waals surface area contributed by atoms with Gasteiger partial charge in [0.15, 0.2) is 0 Å². The van der Waals surface area contributed by atoms with Crippen LogP contribution < -0.4 is 21.2 Å². The van der Waals surface area contributed by atoms with Crippen LogP contribution in [0.25, 0.3) is 0 Å². The zero-order valence-corrected chi connectivity index (χ0v) is 31.7. The average molecular weight is 789 g/mol. The van der Waals surface area contributed by atoms with Gasteiger partial charge in [-0.05, 0) is 154 Å². The molecule has 18 heteroatoms. The predicted octanol–water partition coefficient (Wildman–Crippen LogP) is 3.86. The summed E-state index contributed by atoms with van der Waals surface area (Å²) >= 11 is 0. The second-order valence-electron chi connectivity index (χ2n) is 11.4.